The Kier molecular flexibility index (Phi) is 2.36. The molecule has 1 rings (SSSR count). The number of carbonyl (C=O) groups excluding carboxylic acids is 1. The standard InChI is InChI=1S/C7H11BO2/c1-2-10-7(9)6-3-5(6)4-8/h5-6H,2-4H2,1H3/t5-,6?/m0/s1. The van der Waals surface area contributed by atoms with Crippen LogP contribution in [-0.4, -0.2) is 20.4 Å². The molecule has 0 saturated heterocycles. The van der Waals surface area contributed by atoms with Crippen LogP contribution < -0.4 is 0 Å². The van der Waals surface area contributed by atoms with E-state index in [-0.39, 0.29) is 11.9 Å². The molecule has 0 aliphatic heterocycles. The zero-order valence-corrected chi connectivity index (χ0v) is 6.17. The van der Waals surface area contributed by atoms with Crippen molar-refractivity contribution in [3.63, 3.8) is 0 Å². The Morgan fingerprint density at radius 2 is 2.50 bits per heavy atom. The summed E-state index contributed by atoms with van der Waals surface area (Å²) in [5, 5.41) is 0. The van der Waals surface area contributed by atoms with E-state index in [1.54, 1.807) is 0 Å². The predicted molar refractivity (Wildman–Crippen MR) is 38.8 cm³/mol. The highest BCUT2D eigenvalue weighted by Crippen LogP contribution is 2.41. The van der Waals surface area contributed by atoms with E-state index in [0.717, 1.165) is 6.42 Å². The Morgan fingerprint density at radius 1 is 1.80 bits per heavy atom. The first-order valence-corrected chi connectivity index (χ1v) is 3.66. The normalized spacial score (nSPS) is 29.7. The fraction of sp³-hybridized carbons (Fsp3) is 0.857. The van der Waals surface area contributed by atoms with Gasteiger partial charge < -0.3 is 4.74 Å². The summed E-state index contributed by atoms with van der Waals surface area (Å²) in [6, 6.07) is 0. The third-order valence-corrected chi connectivity index (χ3v) is 1.81. The van der Waals surface area contributed by atoms with Gasteiger partial charge in [0, 0.05) is 0 Å². The minimum Gasteiger partial charge on any atom is -0.466 e. The van der Waals surface area contributed by atoms with Gasteiger partial charge in [0.1, 0.15) is 0 Å². The van der Waals surface area contributed by atoms with E-state index in [0.29, 0.717) is 18.8 Å². The second kappa shape index (κ2) is 3.08. The summed E-state index contributed by atoms with van der Waals surface area (Å²) in [6.45, 7) is 2.30. The van der Waals surface area contributed by atoms with Crippen LogP contribution in [0.5, 0.6) is 0 Å². The molecule has 2 atom stereocenters. The Bertz CT molecular complexity index is 136. The van der Waals surface area contributed by atoms with Gasteiger partial charge in [-0.15, -0.1) is 0 Å². The van der Waals surface area contributed by atoms with Crippen molar-refractivity contribution in [1.82, 2.24) is 0 Å². The molecule has 2 nitrogen and oxygen atoms in total. The van der Waals surface area contributed by atoms with Crippen molar-refractivity contribution >= 4 is 13.8 Å². The topological polar surface area (TPSA) is 26.3 Å². The van der Waals surface area contributed by atoms with E-state index in [2.05, 4.69) is 0 Å². The molecular weight excluding hydrogens is 127 g/mol. The summed E-state index contributed by atoms with van der Waals surface area (Å²) in [4.78, 5) is 10.9. The molecule has 54 valence electrons. The van der Waals surface area contributed by atoms with Crippen molar-refractivity contribution in [3.05, 3.63) is 0 Å². The smallest absolute Gasteiger partial charge is 0.309 e. The Morgan fingerprint density at radius 3 is 2.90 bits per heavy atom. The van der Waals surface area contributed by atoms with Crippen LogP contribution in [0.1, 0.15) is 13.3 Å². The van der Waals surface area contributed by atoms with Crippen molar-refractivity contribution in [1.29, 1.82) is 0 Å². The summed E-state index contributed by atoms with van der Waals surface area (Å²) in [5.41, 5.74) is 0. The SMILES string of the molecule is [B]C[C@@H]1CC1C(=O)OCC. The lowest BCUT2D eigenvalue weighted by Gasteiger charge is -1.98. The molecule has 0 aromatic carbocycles. The van der Waals surface area contributed by atoms with Gasteiger partial charge in [-0.05, 0) is 19.3 Å². The molecule has 0 aromatic rings. The number of carbonyl (C=O) groups is 1. The second-order valence-corrected chi connectivity index (χ2v) is 2.59. The molecule has 2 radical (unpaired) electrons. The molecule has 3 heteroatoms. The highest BCUT2D eigenvalue weighted by atomic mass is 16.5. The largest absolute Gasteiger partial charge is 0.466 e. The van der Waals surface area contributed by atoms with Crippen molar-refractivity contribution < 1.29 is 9.53 Å². The van der Waals surface area contributed by atoms with E-state index >= 15 is 0 Å². The van der Waals surface area contributed by atoms with Gasteiger partial charge in [0.25, 0.3) is 0 Å². The molecule has 0 amide bonds. The molecule has 0 aromatic heterocycles. The van der Waals surface area contributed by atoms with Crippen LogP contribution in [0.25, 0.3) is 0 Å². The van der Waals surface area contributed by atoms with E-state index in [1.165, 1.54) is 0 Å². The van der Waals surface area contributed by atoms with Crippen LogP contribution in [0.2, 0.25) is 6.32 Å². The van der Waals surface area contributed by atoms with Gasteiger partial charge in [-0.25, -0.2) is 0 Å². The van der Waals surface area contributed by atoms with Gasteiger partial charge in [-0.1, -0.05) is 6.32 Å². The molecular formula is C7H11BO2. The molecule has 1 aliphatic rings. The molecule has 0 N–H and O–H groups in total. The first kappa shape index (κ1) is 7.64. The number of esters is 1. The maximum Gasteiger partial charge on any atom is 0.309 e. The van der Waals surface area contributed by atoms with E-state index in [1.807, 2.05) is 6.92 Å². The van der Waals surface area contributed by atoms with Crippen LogP contribution in [0.15, 0.2) is 0 Å². The molecule has 1 saturated carbocycles. The predicted octanol–water partition coefficient (Wildman–Crippen LogP) is 0.772. The van der Waals surface area contributed by atoms with Gasteiger partial charge in [-0.2, -0.15) is 0 Å². The second-order valence-electron chi connectivity index (χ2n) is 2.59. The molecule has 10 heavy (non-hydrogen) atoms. The zero-order chi connectivity index (χ0) is 7.56. The number of rotatable bonds is 3. The Hall–Kier alpha value is -0.465. The fourth-order valence-electron chi connectivity index (χ4n) is 1.05. The van der Waals surface area contributed by atoms with E-state index in [9.17, 15) is 4.79 Å². The van der Waals surface area contributed by atoms with Gasteiger partial charge >= 0.3 is 5.97 Å². The number of hydrogen-bond acceptors (Lipinski definition) is 2. The molecule has 1 unspecified atom stereocenters. The molecule has 1 aliphatic carbocycles. The highest BCUT2D eigenvalue weighted by molar-refractivity contribution is 6.09. The van der Waals surface area contributed by atoms with Crippen LogP contribution >= 0.6 is 0 Å². The van der Waals surface area contributed by atoms with Crippen molar-refractivity contribution in [2.75, 3.05) is 6.61 Å². The minimum atomic E-state index is -0.0713. The summed E-state index contributed by atoms with van der Waals surface area (Å²) < 4.78 is 4.80. The van der Waals surface area contributed by atoms with Gasteiger partial charge in [0.2, 0.25) is 0 Å². The quantitative estimate of drug-likeness (QED) is 0.425. The first-order chi connectivity index (χ1) is 4.79. The third kappa shape index (κ3) is 1.52. The monoisotopic (exact) mass is 138 g/mol. The molecule has 0 bridgehead atoms. The maximum atomic E-state index is 10.9. The van der Waals surface area contributed by atoms with Crippen molar-refractivity contribution in [2.24, 2.45) is 11.8 Å². The highest BCUT2D eigenvalue weighted by Gasteiger charge is 2.42. The van der Waals surface area contributed by atoms with Crippen molar-refractivity contribution in [3.8, 4) is 0 Å². The molecule has 0 spiro atoms. The van der Waals surface area contributed by atoms with Crippen LogP contribution in [-0.2, 0) is 9.53 Å². The first-order valence-electron chi connectivity index (χ1n) is 3.66. The van der Waals surface area contributed by atoms with Crippen LogP contribution in [0.4, 0.5) is 0 Å². The van der Waals surface area contributed by atoms with E-state index in [4.69, 9.17) is 12.6 Å². The summed E-state index contributed by atoms with van der Waals surface area (Å²) >= 11 is 0. The van der Waals surface area contributed by atoms with Crippen molar-refractivity contribution in [2.45, 2.75) is 19.7 Å². The van der Waals surface area contributed by atoms with Crippen LogP contribution in [0.3, 0.4) is 0 Å². The summed E-state index contributed by atoms with van der Waals surface area (Å²) in [5.74, 6) is 0.446. The van der Waals surface area contributed by atoms with Gasteiger partial charge in [0.05, 0.1) is 20.4 Å². The zero-order valence-electron chi connectivity index (χ0n) is 6.17. The molecule has 1 fully saturated rings. The average Bonchev–Trinajstić information content (AvgIpc) is 2.66. The molecule has 0 heterocycles. The number of ether oxygens (including phenoxy) is 1. The maximum absolute atomic E-state index is 10.9. The lowest BCUT2D eigenvalue weighted by atomic mass is 9.99. The van der Waals surface area contributed by atoms with E-state index < -0.39 is 0 Å². The number of hydrogen-bond donors (Lipinski definition) is 0. The van der Waals surface area contributed by atoms with Gasteiger partial charge in [-0.3, -0.25) is 4.79 Å². The van der Waals surface area contributed by atoms with Crippen LogP contribution in [0, 0.1) is 11.8 Å². The fourth-order valence-corrected chi connectivity index (χ4v) is 1.05. The average molecular weight is 138 g/mol. The summed E-state index contributed by atoms with van der Waals surface area (Å²) in [7, 11) is 5.35. The Balaban J connectivity index is 2.19. The lowest BCUT2D eigenvalue weighted by molar-refractivity contribution is -0.144. The third-order valence-electron chi connectivity index (χ3n) is 1.81. The lowest BCUT2D eigenvalue weighted by Crippen LogP contribution is -2.07. The minimum absolute atomic E-state index is 0.0713. The summed E-state index contributed by atoms with van der Waals surface area (Å²) in [6.07, 6.45) is 1.54. The Labute approximate surface area is 62.3 Å². The van der Waals surface area contributed by atoms with Gasteiger partial charge in [0.15, 0.2) is 0 Å².